The highest BCUT2D eigenvalue weighted by molar-refractivity contribution is 5.96. The molecule has 1 aliphatic carbocycles. The summed E-state index contributed by atoms with van der Waals surface area (Å²) in [5.41, 5.74) is 7.12. The van der Waals surface area contributed by atoms with Crippen molar-refractivity contribution in [2.45, 2.75) is 38.1 Å². The Morgan fingerprint density at radius 3 is 2.85 bits per heavy atom. The van der Waals surface area contributed by atoms with Crippen LogP contribution in [0, 0.1) is 0 Å². The van der Waals surface area contributed by atoms with Crippen LogP contribution in [-0.4, -0.2) is 31.3 Å². The largest absolute Gasteiger partial charge is 0.366 e. The van der Waals surface area contributed by atoms with E-state index in [1.807, 2.05) is 28.9 Å². The summed E-state index contributed by atoms with van der Waals surface area (Å²) in [7, 11) is 0. The summed E-state index contributed by atoms with van der Waals surface area (Å²) in [5.74, 6) is 0.367. The SMILES string of the molecule is NC(=O)c1ncc(NC2CCCCC2)nc1Nc1ccn2ccnc2c1. The lowest BCUT2D eigenvalue weighted by Crippen LogP contribution is -2.24. The molecule has 8 heteroatoms. The number of nitrogens with one attached hydrogen (secondary N) is 2. The minimum atomic E-state index is -0.619. The van der Waals surface area contributed by atoms with Gasteiger partial charge in [0, 0.05) is 36.4 Å². The van der Waals surface area contributed by atoms with Crippen molar-refractivity contribution in [1.29, 1.82) is 0 Å². The van der Waals surface area contributed by atoms with E-state index >= 15 is 0 Å². The molecule has 0 unspecified atom stereocenters. The number of fused-ring (bicyclic) bond motifs is 1. The van der Waals surface area contributed by atoms with Gasteiger partial charge in [0.15, 0.2) is 11.5 Å². The van der Waals surface area contributed by atoms with Crippen LogP contribution in [0.1, 0.15) is 42.6 Å². The summed E-state index contributed by atoms with van der Waals surface area (Å²) in [4.78, 5) is 24.7. The number of rotatable bonds is 5. The molecule has 1 fully saturated rings. The average molecular weight is 351 g/mol. The van der Waals surface area contributed by atoms with Gasteiger partial charge in [-0.05, 0) is 18.9 Å². The first-order valence-electron chi connectivity index (χ1n) is 8.82. The third-order valence-electron chi connectivity index (χ3n) is 4.62. The standard InChI is InChI=1S/C18H21N7O/c19-17(26)16-18(23-13-6-8-25-9-7-20-15(25)10-13)24-14(11-21-16)22-12-4-2-1-3-5-12/h6-12H,1-5H2,(H2,19,26)(H2,22,23,24). The van der Waals surface area contributed by atoms with Crippen LogP contribution in [0.15, 0.2) is 36.9 Å². The van der Waals surface area contributed by atoms with Gasteiger partial charge in [-0.25, -0.2) is 15.0 Å². The van der Waals surface area contributed by atoms with Gasteiger partial charge in [0.25, 0.3) is 5.91 Å². The van der Waals surface area contributed by atoms with Crippen LogP contribution in [0.3, 0.4) is 0 Å². The van der Waals surface area contributed by atoms with E-state index in [0.29, 0.717) is 17.7 Å². The van der Waals surface area contributed by atoms with Crippen molar-refractivity contribution in [2.75, 3.05) is 10.6 Å². The topological polar surface area (TPSA) is 110 Å². The smallest absolute Gasteiger partial charge is 0.271 e. The fourth-order valence-corrected chi connectivity index (χ4v) is 3.31. The van der Waals surface area contributed by atoms with Crippen LogP contribution < -0.4 is 16.4 Å². The van der Waals surface area contributed by atoms with Gasteiger partial charge in [0.1, 0.15) is 11.5 Å². The van der Waals surface area contributed by atoms with Crippen LogP contribution in [0.5, 0.6) is 0 Å². The van der Waals surface area contributed by atoms with Crippen LogP contribution in [0.4, 0.5) is 17.3 Å². The van der Waals surface area contributed by atoms with Crippen LogP contribution in [0.2, 0.25) is 0 Å². The van der Waals surface area contributed by atoms with E-state index in [2.05, 4.69) is 25.6 Å². The highest BCUT2D eigenvalue weighted by atomic mass is 16.1. The minimum Gasteiger partial charge on any atom is -0.366 e. The summed E-state index contributed by atoms with van der Waals surface area (Å²) < 4.78 is 1.90. The summed E-state index contributed by atoms with van der Waals surface area (Å²) in [6, 6.07) is 4.14. The van der Waals surface area contributed by atoms with E-state index in [9.17, 15) is 4.79 Å². The zero-order valence-corrected chi connectivity index (χ0v) is 14.4. The molecule has 0 atom stereocenters. The molecule has 8 nitrogen and oxygen atoms in total. The van der Waals surface area contributed by atoms with E-state index in [1.165, 1.54) is 19.3 Å². The summed E-state index contributed by atoms with van der Waals surface area (Å²) in [6.07, 6.45) is 13.0. The fourth-order valence-electron chi connectivity index (χ4n) is 3.31. The Morgan fingerprint density at radius 1 is 1.19 bits per heavy atom. The molecule has 0 aliphatic heterocycles. The Balaban J connectivity index is 1.61. The maximum atomic E-state index is 11.7. The number of amides is 1. The number of hydrogen-bond acceptors (Lipinski definition) is 6. The number of carbonyl (C=O) groups excluding carboxylic acids is 1. The number of anilines is 3. The lowest BCUT2D eigenvalue weighted by atomic mass is 9.96. The van der Waals surface area contributed by atoms with Crippen molar-refractivity contribution in [3.8, 4) is 0 Å². The molecule has 26 heavy (non-hydrogen) atoms. The zero-order valence-electron chi connectivity index (χ0n) is 14.4. The molecule has 3 heterocycles. The minimum absolute atomic E-state index is 0.113. The first-order chi connectivity index (χ1) is 12.7. The van der Waals surface area contributed by atoms with Gasteiger partial charge in [-0.2, -0.15) is 0 Å². The predicted octanol–water partition coefficient (Wildman–Crippen LogP) is 2.71. The van der Waals surface area contributed by atoms with Crippen molar-refractivity contribution in [3.63, 3.8) is 0 Å². The highest BCUT2D eigenvalue weighted by Crippen LogP contribution is 2.23. The lowest BCUT2D eigenvalue weighted by molar-refractivity contribution is 0.0996. The van der Waals surface area contributed by atoms with Crippen LogP contribution in [0.25, 0.3) is 5.65 Å². The van der Waals surface area contributed by atoms with E-state index in [1.54, 1.807) is 12.4 Å². The maximum Gasteiger partial charge on any atom is 0.271 e. The number of carbonyl (C=O) groups is 1. The van der Waals surface area contributed by atoms with Gasteiger partial charge in [0.05, 0.1) is 6.20 Å². The molecule has 4 N–H and O–H groups in total. The first-order valence-corrected chi connectivity index (χ1v) is 8.82. The third-order valence-corrected chi connectivity index (χ3v) is 4.62. The van der Waals surface area contributed by atoms with Gasteiger partial charge in [-0.1, -0.05) is 19.3 Å². The van der Waals surface area contributed by atoms with Gasteiger partial charge in [0.2, 0.25) is 0 Å². The summed E-state index contributed by atoms with van der Waals surface area (Å²) in [5, 5.41) is 6.56. The second-order valence-electron chi connectivity index (χ2n) is 6.53. The van der Waals surface area contributed by atoms with Gasteiger partial charge < -0.3 is 20.8 Å². The summed E-state index contributed by atoms with van der Waals surface area (Å²) in [6.45, 7) is 0. The van der Waals surface area contributed by atoms with E-state index in [-0.39, 0.29) is 5.69 Å². The number of hydrogen-bond donors (Lipinski definition) is 3. The molecule has 0 aromatic carbocycles. The second kappa shape index (κ2) is 6.99. The maximum absolute atomic E-state index is 11.7. The Kier molecular flexibility index (Phi) is 4.39. The molecule has 1 saturated carbocycles. The van der Waals surface area contributed by atoms with Crippen molar-refractivity contribution in [3.05, 3.63) is 42.6 Å². The molecule has 1 aliphatic rings. The van der Waals surface area contributed by atoms with E-state index in [4.69, 9.17) is 5.73 Å². The molecule has 0 radical (unpaired) electrons. The number of imidazole rings is 1. The molecule has 4 rings (SSSR count). The van der Waals surface area contributed by atoms with Crippen LogP contribution in [-0.2, 0) is 0 Å². The van der Waals surface area contributed by atoms with Crippen LogP contribution >= 0.6 is 0 Å². The normalized spacial score (nSPS) is 15.1. The predicted molar refractivity (Wildman–Crippen MR) is 99.5 cm³/mol. The Bertz CT molecular complexity index is 930. The van der Waals surface area contributed by atoms with E-state index in [0.717, 1.165) is 24.2 Å². The van der Waals surface area contributed by atoms with E-state index < -0.39 is 5.91 Å². The number of pyridine rings is 1. The number of nitrogens with zero attached hydrogens (tertiary/aromatic N) is 4. The van der Waals surface area contributed by atoms with Crippen molar-refractivity contribution < 1.29 is 4.79 Å². The Labute approximate surface area is 150 Å². The third kappa shape index (κ3) is 3.44. The van der Waals surface area contributed by atoms with Crippen molar-refractivity contribution in [2.24, 2.45) is 5.73 Å². The number of nitrogens with two attached hydrogens (primary N) is 1. The second-order valence-corrected chi connectivity index (χ2v) is 6.53. The quantitative estimate of drug-likeness (QED) is 0.652. The highest BCUT2D eigenvalue weighted by Gasteiger charge is 2.17. The van der Waals surface area contributed by atoms with Crippen molar-refractivity contribution in [1.82, 2.24) is 19.4 Å². The van der Waals surface area contributed by atoms with Crippen molar-refractivity contribution >= 4 is 28.9 Å². The molecular weight excluding hydrogens is 330 g/mol. The zero-order chi connectivity index (χ0) is 17.9. The van der Waals surface area contributed by atoms with Gasteiger partial charge in [-0.15, -0.1) is 0 Å². The number of aromatic nitrogens is 4. The van der Waals surface area contributed by atoms with Gasteiger partial charge >= 0.3 is 0 Å². The number of primary amides is 1. The van der Waals surface area contributed by atoms with Gasteiger partial charge in [-0.3, -0.25) is 4.79 Å². The fraction of sp³-hybridized carbons (Fsp3) is 0.333. The Morgan fingerprint density at radius 2 is 2.04 bits per heavy atom. The molecule has 1 amide bonds. The lowest BCUT2D eigenvalue weighted by Gasteiger charge is -2.23. The molecule has 0 spiro atoms. The first kappa shape index (κ1) is 16.3. The molecule has 0 saturated heterocycles. The summed E-state index contributed by atoms with van der Waals surface area (Å²) >= 11 is 0. The molecule has 3 aromatic rings. The molecular formula is C18H21N7O. The average Bonchev–Trinajstić information content (AvgIpc) is 3.10. The molecule has 134 valence electrons. The molecule has 0 bridgehead atoms. The Hall–Kier alpha value is -3.16. The monoisotopic (exact) mass is 351 g/mol. The molecule has 3 aromatic heterocycles.